The summed E-state index contributed by atoms with van der Waals surface area (Å²) in [6.45, 7) is 0. The molecule has 1 aromatic rings. The minimum absolute atomic E-state index is 0.0350. The summed E-state index contributed by atoms with van der Waals surface area (Å²) in [4.78, 5) is 23.6. The van der Waals surface area contributed by atoms with Crippen LogP contribution in [0, 0.1) is 0 Å². The third-order valence-corrected chi connectivity index (χ3v) is 4.06. The highest BCUT2D eigenvalue weighted by molar-refractivity contribution is 5.95. The minimum Gasteiger partial charge on any atom is -0.493 e. The Hall–Kier alpha value is -2.60. The number of aliphatic hydroxyl groups is 3. The van der Waals surface area contributed by atoms with Crippen molar-refractivity contribution in [3.63, 3.8) is 0 Å². The summed E-state index contributed by atoms with van der Waals surface area (Å²) in [5, 5.41) is 40.7. The molecule has 27 heavy (non-hydrogen) atoms. The zero-order chi connectivity index (χ0) is 20.3. The molecule has 5 atom stereocenters. The van der Waals surface area contributed by atoms with E-state index < -0.39 is 42.5 Å². The van der Waals surface area contributed by atoms with Gasteiger partial charge < -0.3 is 44.7 Å². The van der Waals surface area contributed by atoms with Gasteiger partial charge in [-0.15, -0.1) is 0 Å². The molecule has 2 rings (SSSR count). The third kappa shape index (κ3) is 4.06. The number of aliphatic carboxylic acids is 1. The molecular formula is C16H21NO10. The monoisotopic (exact) mass is 387 g/mol. The first-order valence-corrected chi connectivity index (χ1v) is 7.78. The van der Waals surface area contributed by atoms with Gasteiger partial charge in [0, 0.05) is 5.56 Å². The molecule has 150 valence electrons. The van der Waals surface area contributed by atoms with Gasteiger partial charge in [-0.25, -0.2) is 4.79 Å². The Morgan fingerprint density at radius 1 is 0.963 bits per heavy atom. The van der Waals surface area contributed by atoms with Crippen LogP contribution in [0.15, 0.2) is 12.1 Å². The van der Waals surface area contributed by atoms with Gasteiger partial charge in [0.25, 0.3) is 5.91 Å². The summed E-state index contributed by atoms with van der Waals surface area (Å²) >= 11 is 0. The van der Waals surface area contributed by atoms with E-state index in [4.69, 9.17) is 24.1 Å². The second kappa shape index (κ2) is 8.39. The van der Waals surface area contributed by atoms with Crippen LogP contribution in [-0.4, -0.2) is 84.3 Å². The fourth-order valence-corrected chi connectivity index (χ4v) is 2.63. The van der Waals surface area contributed by atoms with Crippen molar-refractivity contribution in [2.45, 2.75) is 30.6 Å². The Balaban J connectivity index is 2.27. The summed E-state index contributed by atoms with van der Waals surface area (Å²) in [6, 6.07) is 2.68. The highest BCUT2D eigenvalue weighted by Crippen LogP contribution is 2.38. The highest BCUT2D eigenvalue weighted by Gasteiger charge is 2.47. The van der Waals surface area contributed by atoms with Gasteiger partial charge in [-0.3, -0.25) is 4.79 Å². The molecule has 11 heteroatoms. The molecule has 1 amide bonds. The van der Waals surface area contributed by atoms with Crippen LogP contribution in [0.2, 0.25) is 0 Å². The summed E-state index contributed by atoms with van der Waals surface area (Å²) in [7, 11) is 4.12. The van der Waals surface area contributed by atoms with E-state index in [9.17, 15) is 24.9 Å². The van der Waals surface area contributed by atoms with Crippen molar-refractivity contribution in [1.29, 1.82) is 0 Å². The lowest BCUT2D eigenvalue weighted by Gasteiger charge is -2.38. The molecule has 1 aliphatic heterocycles. The maximum Gasteiger partial charge on any atom is 0.335 e. The molecule has 0 spiro atoms. The molecule has 1 aromatic carbocycles. The second-order valence-electron chi connectivity index (χ2n) is 5.67. The topological polar surface area (TPSA) is 164 Å². The summed E-state index contributed by atoms with van der Waals surface area (Å²) in [5.74, 6) is -1.67. The summed E-state index contributed by atoms with van der Waals surface area (Å²) < 4.78 is 20.5. The lowest BCUT2D eigenvalue weighted by atomic mass is 9.98. The molecule has 5 N–H and O–H groups in total. The predicted octanol–water partition coefficient (Wildman–Crippen LogP) is -1.67. The number of amides is 1. The molecule has 0 radical (unpaired) electrons. The number of rotatable bonds is 6. The number of ether oxygens (including phenoxy) is 4. The van der Waals surface area contributed by atoms with E-state index in [-0.39, 0.29) is 22.8 Å². The van der Waals surface area contributed by atoms with Crippen LogP contribution in [0.25, 0.3) is 0 Å². The number of nitrogens with one attached hydrogen (secondary N) is 1. The Morgan fingerprint density at radius 2 is 1.52 bits per heavy atom. The van der Waals surface area contributed by atoms with Gasteiger partial charge in [-0.1, -0.05) is 0 Å². The van der Waals surface area contributed by atoms with Crippen molar-refractivity contribution in [2.24, 2.45) is 0 Å². The molecule has 0 bridgehead atoms. The SMILES string of the molecule is COc1cc(C(=O)N[C@@H]2OC(C(=O)O)[C@@H](O)C(O)C2O)cc(OC)c1OC. The molecule has 1 aliphatic rings. The molecule has 0 aromatic heterocycles. The maximum absolute atomic E-state index is 12.5. The van der Waals surface area contributed by atoms with Crippen molar-refractivity contribution >= 4 is 11.9 Å². The average molecular weight is 387 g/mol. The van der Waals surface area contributed by atoms with E-state index in [2.05, 4.69) is 5.32 Å². The molecule has 1 saturated heterocycles. The first kappa shape index (κ1) is 20.7. The van der Waals surface area contributed by atoms with E-state index in [1.807, 2.05) is 0 Å². The second-order valence-corrected chi connectivity index (χ2v) is 5.67. The van der Waals surface area contributed by atoms with Crippen LogP contribution in [0.1, 0.15) is 10.4 Å². The molecule has 0 aliphatic carbocycles. The van der Waals surface area contributed by atoms with Gasteiger partial charge in [0.1, 0.15) is 18.3 Å². The zero-order valence-electron chi connectivity index (χ0n) is 14.8. The number of benzene rings is 1. The zero-order valence-corrected chi connectivity index (χ0v) is 14.8. The average Bonchev–Trinajstić information content (AvgIpc) is 2.66. The number of carboxylic acids is 1. The molecule has 3 unspecified atom stereocenters. The number of aliphatic hydroxyl groups excluding tert-OH is 3. The van der Waals surface area contributed by atoms with Crippen molar-refractivity contribution < 1.29 is 49.0 Å². The maximum atomic E-state index is 12.5. The molecule has 1 heterocycles. The van der Waals surface area contributed by atoms with Gasteiger partial charge in [0.2, 0.25) is 5.75 Å². The Morgan fingerprint density at radius 3 is 1.96 bits per heavy atom. The number of hydrogen-bond acceptors (Lipinski definition) is 9. The van der Waals surface area contributed by atoms with Crippen LogP contribution in [0.4, 0.5) is 0 Å². The first-order valence-electron chi connectivity index (χ1n) is 7.78. The Kier molecular flexibility index (Phi) is 6.44. The van der Waals surface area contributed by atoms with Gasteiger partial charge in [-0.05, 0) is 12.1 Å². The smallest absolute Gasteiger partial charge is 0.335 e. The summed E-state index contributed by atoms with van der Waals surface area (Å²) in [6.07, 6.45) is -8.83. The van der Waals surface area contributed by atoms with Gasteiger partial charge in [0.05, 0.1) is 21.3 Å². The normalized spacial score (nSPS) is 27.6. The Bertz CT molecular complexity index is 683. The van der Waals surface area contributed by atoms with E-state index in [0.717, 1.165) is 0 Å². The van der Waals surface area contributed by atoms with Crippen LogP contribution < -0.4 is 19.5 Å². The van der Waals surface area contributed by atoms with Crippen LogP contribution in [-0.2, 0) is 9.53 Å². The quantitative estimate of drug-likeness (QED) is 0.381. The standard InChI is InChI=1S/C16H21NO10/c1-24-7-4-6(5-8(25-2)12(7)26-3)14(21)17-15-11(20)9(18)10(19)13(27-15)16(22)23/h4-5,9-11,13,15,18-20H,1-3H3,(H,17,21)(H,22,23)/t9?,10-,11?,13?,15+/m0/s1. The molecular weight excluding hydrogens is 366 g/mol. The number of carbonyl (C=O) groups is 2. The summed E-state index contributed by atoms with van der Waals surface area (Å²) in [5.41, 5.74) is 0.0350. The van der Waals surface area contributed by atoms with Crippen molar-refractivity contribution in [3.05, 3.63) is 17.7 Å². The fraction of sp³-hybridized carbons (Fsp3) is 0.500. The Labute approximate surface area is 154 Å². The largest absolute Gasteiger partial charge is 0.493 e. The first-order chi connectivity index (χ1) is 12.7. The third-order valence-electron chi connectivity index (χ3n) is 4.06. The molecule has 0 saturated carbocycles. The van der Waals surface area contributed by atoms with Crippen molar-refractivity contribution in [3.8, 4) is 17.2 Å². The minimum atomic E-state index is -1.85. The fourth-order valence-electron chi connectivity index (χ4n) is 2.63. The number of carbonyl (C=O) groups excluding carboxylic acids is 1. The van der Waals surface area contributed by atoms with E-state index in [1.165, 1.54) is 33.5 Å². The molecule has 1 fully saturated rings. The van der Waals surface area contributed by atoms with E-state index in [1.54, 1.807) is 0 Å². The van der Waals surface area contributed by atoms with Crippen molar-refractivity contribution in [2.75, 3.05) is 21.3 Å². The predicted molar refractivity (Wildman–Crippen MR) is 87.9 cm³/mol. The number of methoxy groups -OCH3 is 3. The van der Waals surface area contributed by atoms with Gasteiger partial charge in [0.15, 0.2) is 23.8 Å². The van der Waals surface area contributed by atoms with Crippen LogP contribution in [0.3, 0.4) is 0 Å². The van der Waals surface area contributed by atoms with Crippen molar-refractivity contribution in [1.82, 2.24) is 5.32 Å². The van der Waals surface area contributed by atoms with Crippen LogP contribution >= 0.6 is 0 Å². The van der Waals surface area contributed by atoms with E-state index in [0.29, 0.717) is 0 Å². The number of hydrogen-bond donors (Lipinski definition) is 5. The van der Waals surface area contributed by atoms with Gasteiger partial charge >= 0.3 is 5.97 Å². The van der Waals surface area contributed by atoms with Crippen LogP contribution in [0.5, 0.6) is 17.2 Å². The lowest BCUT2D eigenvalue weighted by Crippen LogP contribution is -2.64. The highest BCUT2D eigenvalue weighted by atomic mass is 16.6. The van der Waals surface area contributed by atoms with Gasteiger partial charge in [-0.2, -0.15) is 0 Å². The molecule has 11 nitrogen and oxygen atoms in total. The lowest BCUT2D eigenvalue weighted by molar-refractivity contribution is -0.231. The van der Waals surface area contributed by atoms with E-state index >= 15 is 0 Å². The number of carboxylic acid groups (broad SMARTS) is 1.